The number of rotatable bonds is 2. The summed E-state index contributed by atoms with van der Waals surface area (Å²) in [6.45, 7) is 2.06. The molecule has 0 aliphatic rings. The van der Waals surface area contributed by atoms with Crippen molar-refractivity contribution in [1.29, 1.82) is 0 Å². The van der Waals surface area contributed by atoms with E-state index >= 15 is 0 Å². The summed E-state index contributed by atoms with van der Waals surface area (Å²) >= 11 is 7.37. The summed E-state index contributed by atoms with van der Waals surface area (Å²) in [4.78, 5) is 11.0. The molecule has 1 amide bonds. The summed E-state index contributed by atoms with van der Waals surface area (Å²) in [6, 6.07) is 7.29. The summed E-state index contributed by atoms with van der Waals surface area (Å²) < 4.78 is 5.69. The molecule has 0 radical (unpaired) electrons. The van der Waals surface area contributed by atoms with E-state index < -0.39 is 6.09 Å². The van der Waals surface area contributed by atoms with Gasteiger partial charge in [0.15, 0.2) is 0 Å². The minimum absolute atomic E-state index is 0. The molecular formula is C9H11NO2S2Zn. The van der Waals surface area contributed by atoms with Crippen molar-refractivity contribution < 1.29 is 29.0 Å². The second-order valence-electron chi connectivity index (χ2n) is 2.65. The van der Waals surface area contributed by atoms with Crippen LogP contribution in [0.1, 0.15) is 12.5 Å². The zero-order valence-electron chi connectivity index (χ0n) is 8.38. The summed E-state index contributed by atoms with van der Waals surface area (Å²) in [5.74, 6) is 0.486. The third-order valence-electron chi connectivity index (χ3n) is 1.70. The van der Waals surface area contributed by atoms with Gasteiger partial charge in [0.25, 0.3) is 0 Å². The Labute approximate surface area is 113 Å². The van der Waals surface area contributed by atoms with Crippen LogP contribution in [-0.2, 0) is 25.9 Å². The van der Waals surface area contributed by atoms with E-state index in [1.165, 1.54) is 5.56 Å². The topological polar surface area (TPSA) is 29.5 Å². The van der Waals surface area contributed by atoms with Gasteiger partial charge in [-0.3, -0.25) is 0 Å². The minimum Gasteiger partial charge on any atom is -0.409 e. The summed E-state index contributed by atoms with van der Waals surface area (Å²) in [6.07, 6.45) is 0.334. The first-order chi connectivity index (χ1) is 6.63. The molecule has 1 aromatic rings. The van der Waals surface area contributed by atoms with E-state index in [4.69, 9.17) is 4.74 Å². The van der Waals surface area contributed by atoms with Crippen LogP contribution >= 0.6 is 25.6 Å². The second kappa shape index (κ2) is 7.15. The average Bonchev–Trinajstić information content (AvgIpc) is 2.19. The maximum atomic E-state index is 11.0. The number of carbonyl (C=O) groups is 1. The Morgan fingerprint density at radius 2 is 1.87 bits per heavy atom. The van der Waals surface area contributed by atoms with Gasteiger partial charge >= 0.3 is 6.09 Å². The largest absolute Gasteiger partial charge is 0.435 e. The first kappa shape index (κ1) is 14.8. The van der Waals surface area contributed by atoms with Crippen LogP contribution in [0.2, 0.25) is 0 Å². The molecule has 0 N–H and O–H groups in total. The van der Waals surface area contributed by atoms with Gasteiger partial charge in [0, 0.05) is 19.5 Å². The minimum atomic E-state index is -0.624. The summed E-state index contributed by atoms with van der Waals surface area (Å²) in [5, 5.41) is 0. The van der Waals surface area contributed by atoms with Gasteiger partial charge in [-0.05, 0) is 49.7 Å². The van der Waals surface area contributed by atoms with Crippen LogP contribution in [0, 0.1) is 0 Å². The van der Waals surface area contributed by atoms with Gasteiger partial charge < -0.3 is 4.74 Å². The van der Waals surface area contributed by atoms with E-state index in [2.05, 4.69) is 32.6 Å². The number of hydrogen-bond donors (Lipinski definition) is 2. The number of nitrogens with zero attached hydrogens (tertiary/aromatic N) is 1. The predicted molar refractivity (Wildman–Crippen MR) is 61.7 cm³/mol. The fraction of sp³-hybridized carbons (Fsp3) is 0.222. The van der Waals surface area contributed by atoms with E-state index in [-0.39, 0.29) is 19.5 Å². The summed E-state index contributed by atoms with van der Waals surface area (Å²) in [5.41, 5.74) is 1.19. The molecule has 0 aliphatic carbocycles. The fourth-order valence-corrected chi connectivity index (χ4v) is 1.02. The number of benzene rings is 1. The van der Waals surface area contributed by atoms with E-state index in [0.717, 1.165) is 10.1 Å². The molecule has 6 heteroatoms. The summed E-state index contributed by atoms with van der Waals surface area (Å²) in [7, 11) is 0. The average molecular weight is 295 g/mol. The van der Waals surface area contributed by atoms with Crippen LogP contribution in [0.3, 0.4) is 0 Å². The van der Waals surface area contributed by atoms with Crippen molar-refractivity contribution in [3.05, 3.63) is 29.8 Å². The van der Waals surface area contributed by atoms with Crippen LogP contribution in [0.5, 0.6) is 5.75 Å². The van der Waals surface area contributed by atoms with Gasteiger partial charge in [-0.1, -0.05) is 19.1 Å². The fourth-order valence-electron chi connectivity index (χ4n) is 0.935. The van der Waals surface area contributed by atoms with E-state index in [1.54, 1.807) is 12.1 Å². The number of thiol groups is 2. The molecule has 0 saturated carbocycles. The van der Waals surface area contributed by atoms with Gasteiger partial charge in [-0.15, -0.1) is 0 Å². The zero-order chi connectivity index (χ0) is 10.6. The Morgan fingerprint density at radius 3 is 2.27 bits per heavy atom. The molecule has 0 fully saturated rings. The molecule has 78 valence electrons. The maximum Gasteiger partial charge on any atom is 0.435 e. The van der Waals surface area contributed by atoms with E-state index in [0.29, 0.717) is 5.75 Å². The third kappa shape index (κ3) is 4.91. The zero-order valence-corrected chi connectivity index (χ0v) is 13.1. The molecule has 0 aromatic heterocycles. The molecule has 0 atom stereocenters. The molecule has 15 heavy (non-hydrogen) atoms. The molecule has 0 unspecified atom stereocenters. The maximum absolute atomic E-state index is 11.0. The quantitative estimate of drug-likeness (QED) is 0.649. The monoisotopic (exact) mass is 293 g/mol. The standard InChI is InChI=1S/C9H11NO2S2.Zn/c1-2-7-3-5-8(6-4-7)12-9(11)10(13)14;/h3-6,13-14H,2H2,1H3;. The molecule has 3 nitrogen and oxygen atoms in total. The van der Waals surface area contributed by atoms with Crippen LogP contribution in [0.15, 0.2) is 24.3 Å². The normalized spacial score (nSPS) is 9.00. The van der Waals surface area contributed by atoms with Crippen molar-refractivity contribution in [2.45, 2.75) is 13.3 Å². The van der Waals surface area contributed by atoms with Gasteiger partial charge in [0.05, 0.1) is 0 Å². The van der Waals surface area contributed by atoms with Crippen LogP contribution < -0.4 is 4.74 Å². The molecule has 0 heterocycles. The van der Waals surface area contributed by atoms with Gasteiger partial charge in [0.2, 0.25) is 0 Å². The van der Waals surface area contributed by atoms with Crippen molar-refractivity contribution in [2.75, 3.05) is 0 Å². The SMILES string of the molecule is CCc1ccc(OC(=O)N(S)S)cc1.[Zn]. The molecule has 0 saturated heterocycles. The van der Waals surface area contributed by atoms with E-state index in [1.807, 2.05) is 12.1 Å². The molecule has 0 spiro atoms. The van der Waals surface area contributed by atoms with Gasteiger partial charge in [0.1, 0.15) is 5.75 Å². The molecule has 1 rings (SSSR count). The number of hydrogen-bond acceptors (Lipinski definition) is 4. The molecule has 0 bridgehead atoms. The number of ether oxygens (including phenoxy) is 1. The number of amides is 1. The molecule has 1 aromatic carbocycles. The van der Waals surface area contributed by atoms with Crippen molar-refractivity contribution >= 4 is 31.7 Å². The Kier molecular flexibility index (Phi) is 7.06. The first-order valence-corrected chi connectivity index (χ1v) is 4.92. The Hall–Kier alpha value is -0.187. The van der Waals surface area contributed by atoms with Crippen molar-refractivity contribution in [3.63, 3.8) is 0 Å². The van der Waals surface area contributed by atoms with Crippen LogP contribution in [-0.4, -0.2) is 9.80 Å². The first-order valence-electron chi connectivity index (χ1n) is 4.12. The predicted octanol–water partition coefficient (Wildman–Crippen LogP) is 2.74. The Bertz CT molecular complexity index is 316. The van der Waals surface area contributed by atoms with Crippen molar-refractivity contribution in [1.82, 2.24) is 3.71 Å². The molecular weight excluding hydrogens is 284 g/mol. The molecule has 0 aliphatic heterocycles. The second-order valence-corrected chi connectivity index (χ2v) is 3.77. The van der Waals surface area contributed by atoms with Crippen molar-refractivity contribution in [2.24, 2.45) is 0 Å². The third-order valence-corrected chi connectivity index (χ3v) is 2.03. The van der Waals surface area contributed by atoms with Crippen molar-refractivity contribution in [3.8, 4) is 5.75 Å². The Balaban J connectivity index is 0.00000196. The van der Waals surface area contributed by atoms with Crippen LogP contribution in [0.25, 0.3) is 0 Å². The smallest absolute Gasteiger partial charge is 0.409 e. The van der Waals surface area contributed by atoms with Gasteiger partial charge in [-0.25, -0.2) is 4.79 Å². The van der Waals surface area contributed by atoms with Crippen LogP contribution in [0.4, 0.5) is 4.79 Å². The number of aryl methyl sites for hydroxylation is 1. The van der Waals surface area contributed by atoms with E-state index in [9.17, 15) is 4.79 Å². The Morgan fingerprint density at radius 1 is 1.33 bits per heavy atom. The number of carbonyl (C=O) groups excluding carboxylic acids is 1. The van der Waals surface area contributed by atoms with Gasteiger partial charge in [-0.2, -0.15) is 3.71 Å².